The fourth-order valence-electron chi connectivity index (χ4n) is 1.04. The molecule has 0 saturated carbocycles. The van der Waals surface area contributed by atoms with Crippen LogP contribution in [-0.4, -0.2) is 0 Å². The molecular formula is C11H14N2. The van der Waals surface area contributed by atoms with E-state index in [1.165, 1.54) is 0 Å². The van der Waals surface area contributed by atoms with Gasteiger partial charge in [0.2, 0.25) is 0 Å². The molecule has 1 aromatic carbocycles. The van der Waals surface area contributed by atoms with E-state index in [9.17, 15) is 0 Å². The Kier molecular flexibility index (Phi) is 3.15. The molecule has 0 radical (unpaired) electrons. The van der Waals surface area contributed by atoms with Crippen LogP contribution in [0.5, 0.6) is 0 Å². The van der Waals surface area contributed by atoms with Crippen molar-refractivity contribution in [1.82, 2.24) is 0 Å². The van der Waals surface area contributed by atoms with Gasteiger partial charge in [-0.15, -0.1) is 0 Å². The van der Waals surface area contributed by atoms with Crippen molar-refractivity contribution in [2.75, 3.05) is 11.1 Å². The Labute approximate surface area is 78.8 Å². The van der Waals surface area contributed by atoms with Gasteiger partial charge in [0.1, 0.15) is 0 Å². The fraction of sp³-hybridized carbons (Fsp3) is 0.0909. The summed E-state index contributed by atoms with van der Waals surface area (Å²) in [6.07, 6.45) is 3.84. The van der Waals surface area contributed by atoms with Crippen LogP contribution in [0.2, 0.25) is 0 Å². The van der Waals surface area contributed by atoms with Gasteiger partial charge in [-0.2, -0.15) is 0 Å². The van der Waals surface area contributed by atoms with Crippen LogP contribution in [0.4, 0.5) is 11.4 Å². The number of allylic oxidation sites excluding steroid dienone is 2. The summed E-state index contributed by atoms with van der Waals surface area (Å²) in [5, 5.41) is 3.12. The van der Waals surface area contributed by atoms with Crippen molar-refractivity contribution in [3.8, 4) is 0 Å². The van der Waals surface area contributed by atoms with Crippen LogP contribution in [-0.2, 0) is 0 Å². The molecule has 0 aliphatic carbocycles. The summed E-state index contributed by atoms with van der Waals surface area (Å²) in [5.74, 6) is 0. The van der Waals surface area contributed by atoms with E-state index >= 15 is 0 Å². The second kappa shape index (κ2) is 4.36. The molecule has 0 heterocycles. The lowest BCUT2D eigenvalue weighted by atomic mass is 10.2. The molecule has 0 atom stereocenters. The predicted molar refractivity (Wildman–Crippen MR) is 58.4 cm³/mol. The van der Waals surface area contributed by atoms with Crippen LogP contribution in [0, 0.1) is 0 Å². The number of nitrogens with two attached hydrogens (primary N) is 1. The third-order valence-corrected chi connectivity index (χ3v) is 1.56. The second-order valence-corrected chi connectivity index (χ2v) is 2.78. The van der Waals surface area contributed by atoms with E-state index in [2.05, 4.69) is 11.9 Å². The number of benzene rings is 1. The number of nitrogens with one attached hydrogen (secondary N) is 1. The van der Waals surface area contributed by atoms with Gasteiger partial charge >= 0.3 is 0 Å². The first-order valence-electron chi connectivity index (χ1n) is 4.16. The van der Waals surface area contributed by atoms with E-state index in [4.69, 9.17) is 5.73 Å². The van der Waals surface area contributed by atoms with Crippen LogP contribution in [0.15, 0.2) is 48.7 Å². The van der Waals surface area contributed by atoms with Gasteiger partial charge in [0, 0.05) is 17.1 Å². The predicted octanol–water partition coefficient (Wildman–Crippen LogP) is 2.77. The van der Waals surface area contributed by atoms with Crippen molar-refractivity contribution in [2.45, 2.75) is 6.92 Å². The van der Waals surface area contributed by atoms with E-state index in [1.54, 1.807) is 0 Å². The molecule has 0 aliphatic rings. The van der Waals surface area contributed by atoms with Crippen molar-refractivity contribution < 1.29 is 0 Å². The molecule has 0 saturated heterocycles. The third kappa shape index (κ3) is 3.03. The molecule has 0 unspecified atom stereocenters. The Morgan fingerprint density at radius 2 is 2.31 bits per heavy atom. The first-order chi connectivity index (χ1) is 6.22. The van der Waals surface area contributed by atoms with E-state index in [0.29, 0.717) is 0 Å². The SMILES string of the molecule is C=C(/C=C\C)Nc1cccc(N)c1. The van der Waals surface area contributed by atoms with Crippen molar-refractivity contribution in [3.05, 3.63) is 48.7 Å². The maximum absolute atomic E-state index is 5.62. The quantitative estimate of drug-likeness (QED) is 0.546. The van der Waals surface area contributed by atoms with Gasteiger partial charge in [-0.25, -0.2) is 0 Å². The highest BCUT2D eigenvalue weighted by Crippen LogP contribution is 2.13. The zero-order valence-electron chi connectivity index (χ0n) is 7.75. The second-order valence-electron chi connectivity index (χ2n) is 2.78. The molecule has 68 valence electrons. The molecule has 0 aromatic heterocycles. The number of nitrogen functional groups attached to an aromatic ring is 1. The summed E-state index contributed by atoms with van der Waals surface area (Å²) in [6, 6.07) is 7.57. The highest BCUT2D eigenvalue weighted by atomic mass is 14.9. The topological polar surface area (TPSA) is 38.0 Å². The Bertz CT molecular complexity index is 327. The first-order valence-corrected chi connectivity index (χ1v) is 4.16. The maximum atomic E-state index is 5.62. The van der Waals surface area contributed by atoms with Gasteiger partial charge in [-0.1, -0.05) is 18.7 Å². The van der Waals surface area contributed by atoms with Crippen molar-refractivity contribution in [3.63, 3.8) is 0 Å². The Morgan fingerprint density at radius 3 is 2.92 bits per heavy atom. The average molecular weight is 174 g/mol. The highest BCUT2D eigenvalue weighted by Gasteiger charge is 1.91. The van der Waals surface area contributed by atoms with Crippen molar-refractivity contribution in [1.29, 1.82) is 0 Å². The Hall–Kier alpha value is -1.70. The fourth-order valence-corrected chi connectivity index (χ4v) is 1.04. The molecule has 0 fully saturated rings. The van der Waals surface area contributed by atoms with E-state index in [-0.39, 0.29) is 0 Å². The molecule has 0 bridgehead atoms. The summed E-state index contributed by atoms with van der Waals surface area (Å²) < 4.78 is 0. The van der Waals surface area contributed by atoms with Crippen LogP contribution < -0.4 is 11.1 Å². The van der Waals surface area contributed by atoms with Gasteiger partial charge in [0.25, 0.3) is 0 Å². The monoisotopic (exact) mass is 174 g/mol. The molecule has 0 amide bonds. The van der Waals surface area contributed by atoms with Gasteiger partial charge in [0.15, 0.2) is 0 Å². The zero-order valence-corrected chi connectivity index (χ0v) is 7.75. The van der Waals surface area contributed by atoms with Crippen molar-refractivity contribution in [2.24, 2.45) is 0 Å². The number of rotatable bonds is 3. The number of hydrogen-bond acceptors (Lipinski definition) is 2. The standard InChI is InChI=1S/C11H14N2/c1-3-5-9(2)13-11-7-4-6-10(12)8-11/h3-8,13H,2,12H2,1H3/b5-3-. The lowest BCUT2D eigenvalue weighted by Crippen LogP contribution is -1.95. The molecular weight excluding hydrogens is 160 g/mol. The lowest BCUT2D eigenvalue weighted by molar-refractivity contribution is 1.48. The van der Waals surface area contributed by atoms with Crippen LogP contribution in [0.3, 0.4) is 0 Å². The van der Waals surface area contributed by atoms with Gasteiger partial charge in [-0.05, 0) is 31.2 Å². The minimum Gasteiger partial charge on any atom is -0.399 e. The minimum atomic E-state index is 0.748. The molecule has 1 aromatic rings. The smallest absolute Gasteiger partial charge is 0.0404 e. The minimum absolute atomic E-state index is 0.748. The normalized spacial score (nSPS) is 10.2. The lowest BCUT2D eigenvalue weighted by Gasteiger charge is -2.05. The molecule has 2 heteroatoms. The summed E-state index contributed by atoms with van der Waals surface area (Å²) >= 11 is 0. The van der Waals surface area contributed by atoms with E-state index in [0.717, 1.165) is 17.1 Å². The first kappa shape index (κ1) is 9.39. The average Bonchev–Trinajstić information content (AvgIpc) is 2.04. The van der Waals surface area contributed by atoms with Gasteiger partial charge in [0.05, 0.1) is 0 Å². The highest BCUT2D eigenvalue weighted by molar-refractivity contribution is 5.57. The maximum Gasteiger partial charge on any atom is 0.0404 e. The molecule has 0 aliphatic heterocycles. The molecule has 2 nitrogen and oxygen atoms in total. The van der Waals surface area contributed by atoms with Crippen LogP contribution in [0.1, 0.15) is 6.92 Å². The summed E-state index contributed by atoms with van der Waals surface area (Å²) in [5.41, 5.74) is 8.18. The molecule has 13 heavy (non-hydrogen) atoms. The van der Waals surface area contributed by atoms with Gasteiger partial charge in [-0.3, -0.25) is 0 Å². The molecule has 3 N–H and O–H groups in total. The van der Waals surface area contributed by atoms with Crippen LogP contribution in [0.25, 0.3) is 0 Å². The van der Waals surface area contributed by atoms with E-state index < -0.39 is 0 Å². The number of anilines is 2. The van der Waals surface area contributed by atoms with Crippen molar-refractivity contribution >= 4 is 11.4 Å². The van der Waals surface area contributed by atoms with E-state index in [1.807, 2.05) is 43.3 Å². The molecule has 1 rings (SSSR count). The Morgan fingerprint density at radius 1 is 1.54 bits per heavy atom. The van der Waals surface area contributed by atoms with Crippen LogP contribution >= 0.6 is 0 Å². The largest absolute Gasteiger partial charge is 0.399 e. The molecule has 0 spiro atoms. The number of hydrogen-bond donors (Lipinski definition) is 2. The third-order valence-electron chi connectivity index (χ3n) is 1.56. The Balaban J connectivity index is 2.69. The summed E-state index contributed by atoms with van der Waals surface area (Å²) in [7, 11) is 0. The zero-order chi connectivity index (χ0) is 9.68. The summed E-state index contributed by atoms with van der Waals surface area (Å²) in [4.78, 5) is 0. The van der Waals surface area contributed by atoms with Gasteiger partial charge < -0.3 is 11.1 Å². The summed E-state index contributed by atoms with van der Waals surface area (Å²) in [6.45, 7) is 5.78.